The summed E-state index contributed by atoms with van der Waals surface area (Å²) in [6.45, 7) is 2.70. The van der Waals surface area contributed by atoms with Crippen molar-refractivity contribution in [3.8, 4) is 17.0 Å². The molecule has 0 bridgehead atoms. The molecule has 0 atom stereocenters. The fraction of sp³-hybridized carbons (Fsp3) is 0.394. The van der Waals surface area contributed by atoms with Gasteiger partial charge in [-0.1, -0.05) is 17.3 Å². The number of nitrogens with zero attached hydrogens (tertiary/aromatic N) is 4. The van der Waals surface area contributed by atoms with Gasteiger partial charge in [0.05, 0.1) is 18.7 Å². The number of ether oxygens (including phenoxy) is 2. The first-order chi connectivity index (χ1) is 21.7. The summed E-state index contributed by atoms with van der Waals surface area (Å²) in [4.78, 5) is 21.8. The Balaban J connectivity index is 0.974. The van der Waals surface area contributed by atoms with E-state index in [4.69, 9.17) is 14.0 Å². The zero-order valence-electron chi connectivity index (χ0n) is 24.1. The van der Waals surface area contributed by atoms with Crippen molar-refractivity contribution in [2.24, 2.45) is 11.3 Å². The van der Waals surface area contributed by atoms with Crippen molar-refractivity contribution in [1.82, 2.24) is 15.1 Å². The molecular formula is C33H29F3N4O5. The molecule has 1 N–H and O–H groups in total. The smallest absolute Gasteiger partial charge is 0.434 e. The maximum atomic E-state index is 13.7. The Labute approximate surface area is 255 Å². The number of allylic oxidation sites excluding steroid dienone is 1. The van der Waals surface area contributed by atoms with Crippen LogP contribution >= 0.6 is 0 Å². The number of halogens is 3. The number of hydrogen-bond acceptors (Lipinski definition) is 8. The number of aromatic carboxylic acids is 1. The van der Waals surface area contributed by atoms with Crippen LogP contribution in [0.15, 0.2) is 53.2 Å². The summed E-state index contributed by atoms with van der Waals surface area (Å²) < 4.78 is 58.1. The maximum Gasteiger partial charge on any atom is 0.434 e. The van der Waals surface area contributed by atoms with Gasteiger partial charge in [-0.2, -0.15) is 13.2 Å². The third-order valence-electron chi connectivity index (χ3n) is 9.25. The van der Waals surface area contributed by atoms with E-state index in [2.05, 4.69) is 26.1 Å². The number of hydrogen-bond donors (Lipinski definition) is 1. The molecule has 2 aliphatic carbocycles. The molecule has 0 amide bonds. The second-order valence-electron chi connectivity index (χ2n) is 12.7. The maximum absolute atomic E-state index is 13.7. The number of benzene rings is 1. The van der Waals surface area contributed by atoms with E-state index >= 15 is 0 Å². The average Bonchev–Trinajstić information content (AvgIpc) is 3.71. The van der Waals surface area contributed by atoms with Crippen molar-refractivity contribution in [3.05, 3.63) is 71.4 Å². The van der Waals surface area contributed by atoms with Crippen molar-refractivity contribution >= 4 is 28.6 Å². The van der Waals surface area contributed by atoms with Crippen molar-refractivity contribution in [2.75, 3.05) is 31.2 Å². The molecule has 0 radical (unpaired) electrons. The minimum Gasteiger partial charge on any atom is -0.485 e. The van der Waals surface area contributed by atoms with Crippen LogP contribution in [0.2, 0.25) is 0 Å². The highest BCUT2D eigenvalue weighted by molar-refractivity contribution is 5.94. The lowest BCUT2D eigenvalue weighted by atomic mass is 9.57. The van der Waals surface area contributed by atoms with Crippen molar-refractivity contribution < 1.29 is 37.1 Å². The molecular weight excluding hydrogens is 589 g/mol. The molecule has 12 heteroatoms. The number of aromatic nitrogens is 3. The molecule has 4 fully saturated rings. The number of carboxylic acid groups (broad SMARTS) is 1. The van der Waals surface area contributed by atoms with Gasteiger partial charge in [0.25, 0.3) is 0 Å². The molecule has 3 aromatic heterocycles. The number of rotatable bonds is 8. The summed E-state index contributed by atoms with van der Waals surface area (Å²) in [5, 5.41) is 14.4. The van der Waals surface area contributed by atoms with E-state index in [9.17, 15) is 23.1 Å². The molecule has 8 rings (SSSR count). The Bertz CT molecular complexity index is 1830. The topological polar surface area (TPSA) is 111 Å². The SMILES string of the molecule is O=C(O)c1cc(OC2COC2)c2cc(N3CC4(CC(C=Cc5c(-c6cccnc6C(F)(F)F)noc5C5CC5)C4)C3)ccc2n1. The van der Waals surface area contributed by atoms with Gasteiger partial charge in [0.2, 0.25) is 0 Å². The third kappa shape index (κ3) is 5.10. The van der Waals surface area contributed by atoms with Crippen LogP contribution in [0.1, 0.15) is 59.1 Å². The number of anilines is 1. The fourth-order valence-electron chi connectivity index (χ4n) is 6.80. The molecule has 9 nitrogen and oxygen atoms in total. The van der Waals surface area contributed by atoms with Gasteiger partial charge in [-0.25, -0.2) is 9.78 Å². The minimum absolute atomic E-state index is 0.0641. The Morgan fingerprint density at radius 1 is 1.13 bits per heavy atom. The van der Waals surface area contributed by atoms with Crippen LogP contribution in [-0.2, 0) is 10.9 Å². The Kier molecular flexibility index (Phi) is 6.42. The van der Waals surface area contributed by atoms with Gasteiger partial charge >= 0.3 is 12.1 Å². The van der Waals surface area contributed by atoms with E-state index in [1.54, 1.807) is 0 Å². The molecule has 5 heterocycles. The molecule has 4 aromatic rings. The second kappa shape index (κ2) is 10.3. The van der Waals surface area contributed by atoms with Gasteiger partial charge < -0.3 is 24.0 Å². The highest BCUT2D eigenvalue weighted by atomic mass is 19.4. The van der Waals surface area contributed by atoms with Gasteiger partial charge in [-0.05, 0) is 61.9 Å². The van der Waals surface area contributed by atoms with Gasteiger partial charge in [-0.15, -0.1) is 0 Å². The van der Waals surface area contributed by atoms with Crippen LogP contribution in [0, 0.1) is 11.3 Å². The van der Waals surface area contributed by atoms with Crippen LogP contribution in [0.3, 0.4) is 0 Å². The summed E-state index contributed by atoms with van der Waals surface area (Å²) in [6, 6.07) is 10.2. The molecule has 2 aliphatic heterocycles. The number of carbonyl (C=O) groups is 1. The second-order valence-corrected chi connectivity index (χ2v) is 12.7. The molecule has 2 saturated carbocycles. The fourth-order valence-corrected chi connectivity index (χ4v) is 6.80. The number of alkyl halides is 3. The Morgan fingerprint density at radius 3 is 2.62 bits per heavy atom. The summed E-state index contributed by atoms with van der Waals surface area (Å²) in [6.07, 6.45) is 4.25. The Hall–Kier alpha value is -4.45. The molecule has 2 saturated heterocycles. The summed E-state index contributed by atoms with van der Waals surface area (Å²) >= 11 is 0. The summed E-state index contributed by atoms with van der Waals surface area (Å²) in [5.74, 6) is 0.519. The van der Waals surface area contributed by atoms with E-state index in [0.29, 0.717) is 41.7 Å². The predicted molar refractivity (Wildman–Crippen MR) is 157 cm³/mol. The molecule has 4 aliphatic rings. The van der Waals surface area contributed by atoms with E-state index in [1.165, 1.54) is 18.2 Å². The highest BCUT2D eigenvalue weighted by Crippen LogP contribution is 2.54. The summed E-state index contributed by atoms with van der Waals surface area (Å²) in [7, 11) is 0. The lowest BCUT2D eigenvalue weighted by Gasteiger charge is -2.59. The highest BCUT2D eigenvalue weighted by Gasteiger charge is 2.51. The first-order valence-corrected chi connectivity index (χ1v) is 15.0. The van der Waals surface area contributed by atoms with E-state index in [0.717, 1.165) is 56.0 Å². The Morgan fingerprint density at radius 2 is 1.93 bits per heavy atom. The number of carboxylic acids is 1. The lowest BCUT2D eigenvalue weighted by molar-refractivity contribution is -0.140. The summed E-state index contributed by atoms with van der Waals surface area (Å²) in [5.41, 5.74) is 1.47. The number of pyridine rings is 2. The monoisotopic (exact) mass is 618 g/mol. The zero-order chi connectivity index (χ0) is 30.9. The van der Waals surface area contributed by atoms with Crippen molar-refractivity contribution in [2.45, 2.75) is 43.9 Å². The largest absolute Gasteiger partial charge is 0.485 e. The molecule has 1 aromatic carbocycles. The van der Waals surface area contributed by atoms with E-state index < -0.39 is 17.8 Å². The number of fused-ring (bicyclic) bond motifs is 1. The van der Waals surface area contributed by atoms with Crippen LogP contribution < -0.4 is 9.64 Å². The van der Waals surface area contributed by atoms with Crippen LogP contribution in [0.4, 0.5) is 18.9 Å². The molecule has 0 unspecified atom stereocenters. The van der Waals surface area contributed by atoms with Crippen molar-refractivity contribution in [3.63, 3.8) is 0 Å². The zero-order valence-corrected chi connectivity index (χ0v) is 24.1. The van der Waals surface area contributed by atoms with Gasteiger partial charge in [0, 0.05) is 58.9 Å². The third-order valence-corrected chi connectivity index (χ3v) is 9.25. The van der Waals surface area contributed by atoms with Gasteiger partial charge in [-0.3, -0.25) is 4.98 Å². The van der Waals surface area contributed by atoms with Crippen molar-refractivity contribution in [1.29, 1.82) is 0 Å². The first-order valence-electron chi connectivity index (χ1n) is 15.0. The van der Waals surface area contributed by atoms with E-state index in [-0.39, 0.29) is 34.4 Å². The molecule has 45 heavy (non-hydrogen) atoms. The quantitative estimate of drug-likeness (QED) is 0.234. The van der Waals surface area contributed by atoms with Crippen LogP contribution in [-0.4, -0.2) is 58.6 Å². The standard InChI is InChI=1S/C33H29F3N4O5/c34-33(35,36)30-23(2-1-9-37-30)28-22(29(45-39-28)19-4-5-19)7-3-18-12-32(13-18)16-40(17-32)20-6-8-25-24(10-20)27(44-21-14-43-15-21)11-26(38-25)31(41)42/h1-3,6-11,18-19,21H,4-5,12-17H2,(H,41,42). The molecule has 1 spiro atoms. The van der Waals surface area contributed by atoms with Gasteiger partial charge in [0.1, 0.15) is 23.3 Å². The molecule has 232 valence electrons. The van der Waals surface area contributed by atoms with Crippen LogP contribution in [0.5, 0.6) is 5.75 Å². The van der Waals surface area contributed by atoms with Crippen LogP contribution in [0.25, 0.3) is 28.2 Å². The van der Waals surface area contributed by atoms with E-state index in [1.807, 2.05) is 24.3 Å². The first kappa shape index (κ1) is 28.1. The van der Waals surface area contributed by atoms with Gasteiger partial charge in [0.15, 0.2) is 11.4 Å². The lowest BCUT2D eigenvalue weighted by Crippen LogP contribution is -2.62. The normalized spacial score (nSPS) is 19.9. The minimum atomic E-state index is -4.60. The average molecular weight is 619 g/mol. The predicted octanol–water partition coefficient (Wildman–Crippen LogP) is 6.59.